The lowest BCUT2D eigenvalue weighted by Gasteiger charge is -2.09. The number of carbonyl (C=O) groups excluding carboxylic acids is 2. The molecule has 9 heteroatoms. The molecule has 0 radical (unpaired) electrons. The lowest BCUT2D eigenvalue weighted by atomic mass is 10.0. The molecule has 0 spiro atoms. The molecule has 4 rings (SSSR count). The molecule has 0 aliphatic heterocycles. The van der Waals surface area contributed by atoms with E-state index in [9.17, 15) is 22.8 Å². The van der Waals surface area contributed by atoms with Crippen LogP contribution in [0.5, 0.6) is 0 Å². The maximum Gasteiger partial charge on any atom is 0.452 e. The third-order valence-electron chi connectivity index (χ3n) is 5.41. The van der Waals surface area contributed by atoms with Crippen LogP contribution < -0.4 is 10.6 Å². The Bertz CT molecular complexity index is 1380. The predicted octanol–water partition coefficient (Wildman–Crippen LogP) is 6.67. The molecule has 1 heterocycles. The van der Waals surface area contributed by atoms with E-state index in [1.54, 1.807) is 66.7 Å². The summed E-state index contributed by atoms with van der Waals surface area (Å²) < 4.78 is 45.5. The van der Waals surface area contributed by atoms with Crippen LogP contribution in [-0.2, 0) is 6.18 Å². The predicted molar refractivity (Wildman–Crippen MR) is 134 cm³/mol. The van der Waals surface area contributed by atoms with Crippen LogP contribution in [0.15, 0.2) is 83.3 Å². The van der Waals surface area contributed by atoms with Crippen LogP contribution in [0.2, 0.25) is 0 Å². The van der Waals surface area contributed by atoms with Gasteiger partial charge in [-0.15, -0.1) is 0 Å². The molecular weight excluding hydrogens is 483 g/mol. The van der Waals surface area contributed by atoms with Gasteiger partial charge >= 0.3 is 6.18 Å². The van der Waals surface area contributed by atoms with E-state index in [0.717, 1.165) is 11.1 Å². The van der Waals surface area contributed by atoms with Crippen molar-refractivity contribution in [1.82, 2.24) is 10.3 Å². The summed E-state index contributed by atoms with van der Waals surface area (Å²) in [6.45, 7) is 4.61. The van der Waals surface area contributed by atoms with E-state index in [4.69, 9.17) is 4.42 Å². The average Bonchev–Trinajstić information content (AvgIpc) is 3.35. The molecule has 0 aliphatic carbocycles. The van der Waals surface area contributed by atoms with Gasteiger partial charge in [0.25, 0.3) is 11.8 Å². The third-order valence-corrected chi connectivity index (χ3v) is 5.41. The van der Waals surface area contributed by atoms with Gasteiger partial charge in [-0.2, -0.15) is 13.2 Å². The highest BCUT2D eigenvalue weighted by molar-refractivity contribution is 6.04. The van der Waals surface area contributed by atoms with Gasteiger partial charge in [-0.3, -0.25) is 9.59 Å². The molecule has 6 nitrogen and oxygen atoms in total. The molecule has 0 saturated heterocycles. The topological polar surface area (TPSA) is 84.2 Å². The van der Waals surface area contributed by atoms with Crippen molar-refractivity contribution in [1.29, 1.82) is 0 Å². The summed E-state index contributed by atoms with van der Waals surface area (Å²) in [5, 5.41) is 5.31. The summed E-state index contributed by atoms with van der Waals surface area (Å²) in [6.07, 6.45) is -4.89. The molecule has 0 aliphatic rings. The van der Waals surface area contributed by atoms with Gasteiger partial charge in [-0.25, -0.2) is 4.98 Å². The van der Waals surface area contributed by atoms with Crippen molar-refractivity contribution < 1.29 is 27.2 Å². The summed E-state index contributed by atoms with van der Waals surface area (Å²) in [6, 6.07) is 21.6. The lowest BCUT2D eigenvalue weighted by Crippen LogP contribution is -2.27. The fourth-order valence-electron chi connectivity index (χ4n) is 3.52. The number of aromatic nitrogens is 1. The molecule has 3 aromatic carbocycles. The average molecular weight is 508 g/mol. The number of alkyl halides is 3. The monoisotopic (exact) mass is 507 g/mol. The number of hydrogen-bond donors (Lipinski definition) is 2. The second kappa shape index (κ2) is 10.7. The van der Waals surface area contributed by atoms with Gasteiger partial charge in [-0.05, 0) is 53.4 Å². The first kappa shape index (κ1) is 25.7. The summed E-state index contributed by atoms with van der Waals surface area (Å²) in [7, 11) is 0. The molecule has 0 saturated carbocycles. The molecule has 0 bridgehead atoms. The van der Waals surface area contributed by atoms with Crippen LogP contribution in [-0.4, -0.2) is 23.3 Å². The highest BCUT2D eigenvalue weighted by Gasteiger charge is 2.42. The number of anilines is 1. The van der Waals surface area contributed by atoms with Crippen molar-refractivity contribution in [2.24, 2.45) is 5.92 Å². The number of oxazole rings is 1. The van der Waals surface area contributed by atoms with Gasteiger partial charge in [-0.1, -0.05) is 56.3 Å². The SMILES string of the molecule is CC(C)CNC(=O)c1ccc(-c2ccc(NC(=O)c3nc(-c4ccccc4)oc3C(F)(F)F)cc2)cc1. The molecular formula is C28H24F3N3O3. The van der Waals surface area contributed by atoms with Crippen molar-refractivity contribution in [2.45, 2.75) is 20.0 Å². The zero-order valence-corrected chi connectivity index (χ0v) is 20.1. The summed E-state index contributed by atoms with van der Waals surface area (Å²) in [5.41, 5.74) is 1.94. The number of hydrogen-bond acceptors (Lipinski definition) is 4. The van der Waals surface area contributed by atoms with Crippen LogP contribution in [0, 0.1) is 5.92 Å². The molecule has 0 atom stereocenters. The molecule has 37 heavy (non-hydrogen) atoms. The Morgan fingerprint density at radius 2 is 1.43 bits per heavy atom. The zero-order chi connectivity index (χ0) is 26.6. The molecule has 1 aromatic heterocycles. The van der Waals surface area contributed by atoms with Gasteiger partial charge in [0.05, 0.1) is 0 Å². The standard InChI is InChI=1S/C28H24F3N3O3/c1-17(2)16-32-25(35)20-10-8-18(9-11-20)19-12-14-22(15-13-19)33-26(36)23-24(28(29,30)31)37-27(34-23)21-6-4-3-5-7-21/h3-15,17H,16H2,1-2H3,(H,32,35)(H,33,36). The maximum atomic E-state index is 13.5. The minimum atomic E-state index is -4.89. The van der Waals surface area contributed by atoms with Gasteiger partial charge in [0.15, 0.2) is 5.69 Å². The van der Waals surface area contributed by atoms with E-state index in [-0.39, 0.29) is 17.5 Å². The Balaban J connectivity index is 1.49. The van der Waals surface area contributed by atoms with Crippen LogP contribution in [0.4, 0.5) is 18.9 Å². The molecule has 0 fully saturated rings. The van der Waals surface area contributed by atoms with Gasteiger partial charge in [0, 0.05) is 23.4 Å². The summed E-state index contributed by atoms with van der Waals surface area (Å²) >= 11 is 0. The van der Waals surface area contributed by atoms with Gasteiger partial charge < -0.3 is 15.1 Å². The number of nitrogens with one attached hydrogen (secondary N) is 2. The Morgan fingerprint density at radius 3 is 2.00 bits per heavy atom. The smallest absolute Gasteiger partial charge is 0.431 e. The van der Waals surface area contributed by atoms with Crippen LogP contribution in [0.25, 0.3) is 22.6 Å². The van der Waals surface area contributed by atoms with Crippen molar-refractivity contribution in [3.63, 3.8) is 0 Å². The van der Waals surface area contributed by atoms with Crippen molar-refractivity contribution in [3.8, 4) is 22.6 Å². The van der Waals surface area contributed by atoms with Crippen LogP contribution in [0.1, 0.15) is 40.5 Å². The number of nitrogens with zero attached hydrogens (tertiary/aromatic N) is 1. The lowest BCUT2D eigenvalue weighted by molar-refractivity contribution is -0.153. The second-order valence-corrected chi connectivity index (χ2v) is 8.77. The van der Waals surface area contributed by atoms with Gasteiger partial charge in [0.1, 0.15) is 0 Å². The third kappa shape index (κ3) is 6.24. The summed E-state index contributed by atoms with van der Waals surface area (Å²) in [4.78, 5) is 28.7. The van der Waals surface area contributed by atoms with E-state index in [1.165, 1.54) is 12.1 Å². The number of carbonyl (C=O) groups is 2. The number of amides is 2. The van der Waals surface area contributed by atoms with Gasteiger partial charge in [0.2, 0.25) is 11.7 Å². The summed E-state index contributed by atoms with van der Waals surface area (Å²) in [5.74, 6) is -2.60. The number of benzene rings is 3. The minimum absolute atomic E-state index is 0.153. The minimum Gasteiger partial charge on any atom is -0.431 e. The van der Waals surface area contributed by atoms with Crippen LogP contribution >= 0.6 is 0 Å². The Hall–Kier alpha value is -4.40. The zero-order valence-electron chi connectivity index (χ0n) is 20.1. The van der Waals surface area contributed by atoms with E-state index in [0.29, 0.717) is 23.6 Å². The number of halogens is 3. The Labute approximate surface area is 211 Å². The van der Waals surface area contributed by atoms with Crippen molar-refractivity contribution >= 4 is 17.5 Å². The first-order chi connectivity index (χ1) is 17.6. The molecule has 190 valence electrons. The first-order valence-corrected chi connectivity index (χ1v) is 11.6. The van der Waals surface area contributed by atoms with E-state index < -0.39 is 23.5 Å². The Kier molecular flexibility index (Phi) is 7.42. The van der Waals surface area contributed by atoms with E-state index >= 15 is 0 Å². The van der Waals surface area contributed by atoms with Crippen LogP contribution in [0.3, 0.4) is 0 Å². The number of rotatable bonds is 7. The fourth-order valence-corrected chi connectivity index (χ4v) is 3.52. The molecule has 2 N–H and O–H groups in total. The first-order valence-electron chi connectivity index (χ1n) is 11.6. The fraction of sp³-hybridized carbons (Fsp3) is 0.179. The quantitative estimate of drug-likeness (QED) is 0.293. The van der Waals surface area contributed by atoms with Crippen molar-refractivity contribution in [2.75, 3.05) is 11.9 Å². The second-order valence-electron chi connectivity index (χ2n) is 8.77. The Morgan fingerprint density at radius 1 is 0.838 bits per heavy atom. The largest absolute Gasteiger partial charge is 0.452 e. The van der Waals surface area contributed by atoms with Crippen molar-refractivity contribution in [3.05, 3.63) is 95.9 Å². The van der Waals surface area contributed by atoms with E-state index in [2.05, 4.69) is 15.6 Å². The van der Waals surface area contributed by atoms with E-state index in [1.807, 2.05) is 13.8 Å². The normalized spacial score (nSPS) is 11.4. The highest BCUT2D eigenvalue weighted by Crippen LogP contribution is 2.35. The molecule has 0 unspecified atom stereocenters. The highest BCUT2D eigenvalue weighted by atomic mass is 19.4. The molecule has 2 amide bonds. The molecule has 4 aromatic rings. The maximum absolute atomic E-state index is 13.5.